The quantitative estimate of drug-likeness (QED) is 0.768. The van der Waals surface area contributed by atoms with E-state index in [9.17, 15) is 14.4 Å². The zero-order valence-corrected chi connectivity index (χ0v) is 18.6. The van der Waals surface area contributed by atoms with Gasteiger partial charge >= 0.3 is 0 Å². The van der Waals surface area contributed by atoms with Crippen molar-refractivity contribution in [2.45, 2.75) is 64.5 Å². The number of benzene rings is 1. The van der Waals surface area contributed by atoms with Crippen molar-refractivity contribution in [2.24, 2.45) is 5.92 Å². The molecule has 3 aliphatic rings. The number of nitrogens with zero attached hydrogens (tertiary/aromatic N) is 3. The summed E-state index contributed by atoms with van der Waals surface area (Å²) in [5, 5.41) is 0. The zero-order chi connectivity index (χ0) is 21.6. The molecule has 0 saturated carbocycles. The topological polar surface area (TPSA) is 60.9 Å². The van der Waals surface area contributed by atoms with Gasteiger partial charge in [-0.3, -0.25) is 14.4 Å². The van der Waals surface area contributed by atoms with Crippen molar-refractivity contribution in [1.29, 1.82) is 0 Å². The first-order chi connectivity index (χ1) is 14.3. The van der Waals surface area contributed by atoms with Gasteiger partial charge in [-0.15, -0.1) is 0 Å². The average molecular weight is 412 g/mol. The molecular weight excluding hydrogens is 378 g/mol. The number of hydrogen-bond acceptors (Lipinski definition) is 3. The summed E-state index contributed by atoms with van der Waals surface area (Å²) in [5.41, 5.74) is 0.927. The number of likely N-dealkylation sites (tertiary alicyclic amines) is 2. The first-order valence-electron chi connectivity index (χ1n) is 11.3. The molecule has 3 amide bonds. The molecule has 0 aliphatic carbocycles. The van der Waals surface area contributed by atoms with E-state index >= 15 is 0 Å². The lowest BCUT2D eigenvalue weighted by Gasteiger charge is -2.57. The lowest BCUT2D eigenvalue weighted by atomic mass is 9.66. The summed E-state index contributed by atoms with van der Waals surface area (Å²) in [7, 11) is 0. The van der Waals surface area contributed by atoms with E-state index in [0.29, 0.717) is 31.5 Å². The normalized spacial score (nSPS) is 23.1. The van der Waals surface area contributed by atoms with Gasteiger partial charge in [0.2, 0.25) is 11.8 Å². The molecule has 1 atom stereocenters. The average Bonchev–Trinajstić information content (AvgIpc) is 2.66. The van der Waals surface area contributed by atoms with Crippen molar-refractivity contribution in [2.75, 3.05) is 26.2 Å². The van der Waals surface area contributed by atoms with Gasteiger partial charge < -0.3 is 14.7 Å². The van der Waals surface area contributed by atoms with Gasteiger partial charge in [0.15, 0.2) is 0 Å². The molecule has 2 fully saturated rings. The largest absolute Gasteiger partial charge is 0.342 e. The highest BCUT2D eigenvalue weighted by Crippen LogP contribution is 2.49. The Morgan fingerprint density at radius 3 is 2.13 bits per heavy atom. The second-order valence-corrected chi connectivity index (χ2v) is 9.55. The third-order valence-electron chi connectivity index (χ3n) is 7.10. The summed E-state index contributed by atoms with van der Waals surface area (Å²) in [6.45, 7) is 10.7. The summed E-state index contributed by atoms with van der Waals surface area (Å²) >= 11 is 0. The van der Waals surface area contributed by atoms with Crippen molar-refractivity contribution in [1.82, 2.24) is 14.7 Å². The molecular formula is C24H33N3O3. The third kappa shape index (κ3) is 3.12. The molecule has 0 bridgehead atoms. The molecule has 6 nitrogen and oxygen atoms in total. The van der Waals surface area contributed by atoms with E-state index in [0.717, 1.165) is 25.1 Å². The van der Waals surface area contributed by atoms with Crippen LogP contribution in [0.1, 0.15) is 68.8 Å². The predicted octanol–water partition coefficient (Wildman–Crippen LogP) is 2.88. The highest BCUT2D eigenvalue weighted by atomic mass is 16.2. The fourth-order valence-electron chi connectivity index (χ4n) is 5.54. The Labute approximate surface area is 179 Å². The number of fused-ring (bicyclic) bond motifs is 1. The Kier molecular flexibility index (Phi) is 5.37. The Hall–Kier alpha value is -2.37. The number of rotatable bonds is 3. The third-order valence-corrected chi connectivity index (χ3v) is 7.10. The maximum Gasteiger partial charge on any atom is 0.254 e. The molecule has 4 rings (SSSR count). The molecule has 6 heteroatoms. The molecule has 1 unspecified atom stereocenters. The van der Waals surface area contributed by atoms with E-state index in [4.69, 9.17) is 0 Å². The molecule has 1 spiro atoms. The smallest absolute Gasteiger partial charge is 0.254 e. The van der Waals surface area contributed by atoms with Gasteiger partial charge in [-0.25, -0.2) is 0 Å². The van der Waals surface area contributed by atoms with Gasteiger partial charge in [-0.2, -0.15) is 0 Å². The van der Waals surface area contributed by atoms with Gasteiger partial charge in [-0.05, 0) is 44.7 Å². The number of carbonyl (C=O) groups excluding carboxylic acids is 3. The highest BCUT2D eigenvalue weighted by molar-refractivity contribution is 6.02. The van der Waals surface area contributed by atoms with Crippen LogP contribution < -0.4 is 0 Å². The molecule has 30 heavy (non-hydrogen) atoms. The van der Waals surface area contributed by atoms with E-state index in [1.54, 1.807) is 0 Å². The van der Waals surface area contributed by atoms with Crippen molar-refractivity contribution in [3.05, 3.63) is 35.4 Å². The monoisotopic (exact) mass is 411 g/mol. The summed E-state index contributed by atoms with van der Waals surface area (Å²) < 4.78 is 0. The Morgan fingerprint density at radius 2 is 1.60 bits per heavy atom. The first-order valence-corrected chi connectivity index (χ1v) is 11.3. The van der Waals surface area contributed by atoms with Crippen LogP contribution in [0.15, 0.2) is 24.3 Å². The molecule has 0 radical (unpaired) electrons. The highest BCUT2D eigenvalue weighted by Gasteiger charge is 2.57. The van der Waals surface area contributed by atoms with E-state index in [1.807, 2.05) is 66.7 Å². The summed E-state index contributed by atoms with van der Waals surface area (Å²) in [5.74, 6) is -0.126. The summed E-state index contributed by atoms with van der Waals surface area (Å²) in [6.07, 6.45) is 2.30. The Bertz CT molecular complexity index is 851. The van der Waals surface area contributed by atoms with Gasteiger partial charge in [-0.1, -0.05) is 32.0 Å². The van der Waals surface area contributed by atoms with E-state index in [2.05, 4.69) is 0 Å². The van der Waals surface area contributed by atoms with E-state index in [-0.39, 0.29) is 35.6 Å². The second kappa shape index (κ2) is 7.71. The molecule has 3 heterocycles. The Balaban J connectivity index is 1.79. The minimum Gasteiger partial charge on any atom is -0.342 e. The van der Waals surface area contributed by atoms with Crippen LogP contribution in [-0.4, -0.2) is 70.2 Å². The van der Waals surface area contributed by atoms with Gasteiger partial charge in [0.05, 0.1) is 11.5 Å². The van der Waals surface area contributed by atoms with Crippen LogP contribution in [0.2, 0.25) is 0 Å². The van der Waals surface area contributed by atoms with Crippen molar-refractivity contribution < 1.29 is 14.4 Å². The minimum atomic E-state index is -0.583. The van der Waals surface area contributed by atoms with Crippen LogP contribution in [0.4, 0.5) is 0 Å². The van der Waals surface area contributed by atoms with Crippen LogP contribution >= 0.6 is 0 Å². The van der Waals surface area contributed by atoms with Gasteiger partial charge in [0.25, 0.3) is 5.91 Å². The Morgan fingerprint density at radius 1 is 0.967 bits per heavy atom. The van der Waals surface area contributed by atoms with Crippen molar-refractivity contribution in [3.63, 3.8) is 0 Å². The van der Waals surface area contributed by atoms with Crippen LogP contribution in [-0.2, 0) is 9.59 Å². The number of amides is 3. The molecule has 1 aromatic rings. The van der Waals surface area contributed by atoms with Gasteiger partial charge in [0.1, 0.15) is 0 Å². The molecule has 3 aliphatic heterocycles. The second-order valence-electron chi connectivity index (χ2n) is 9.55. The standard InChI is InChI=1S/C24H33N3O3/c1-16(2)21(28)26-14-10-24(11-15-26)20(23(30)25-12-7-13-25)18-8-5-6-9-19(18)22(29)27(24)17(3)4/h5-6,8-9,16-17,20H,7,10-15H2,1-4H3. The van der Waals surface area contributed by atoms with Gasteiger partial charge in [0, 0.05) is 43.7 Å². The fraction of sp³-hybridized carbons (Fsp3) is 0.625. The SMILES string of the molecule is CC(C)C(=O)N1CCC2(CC1)C(C(=O)N1CCC1)c1ccccc1C(=O)N2C(C)C. The molecule has 162 valence electrons. The predicted molar refractivity (Wildman–Crippen MR) is 115 cm³/mol. The summed E-state index contributed by atoms with van der Waals surface area (Å²) in [4.78, 5) is 45.7. The van der Waals surface area contributed by atoms with Crippen LogP contribution in [0.3, 0.4) is 0 Å². The lowest BCUT2D eigenvalue weighted by molar-refractivity contribution is -0.144. The molecule has 0 aromatic heterocycles. The number of carbonyl (C=O) groups is 3. The lowest BCUT2D eigenvalue weighted by Crippen LogP contribution is -2.68. The van der Waals surface area contributed by atoms with Crippen molar-refractivity contribution in [3.8, 4) is 0 Å². The van der Waals surface area contributed by atoms with Crippen LogP contribution in [0.5, 0.6) is 0 Å². The number of hydrogen-bond donors (Lipinski definition) is 0. The minimum absolute atomic E-state index is 0.0110. The maximum atomic E-state index is 13.7. The molecule has 2 saturated heterocycles. The van der Waals surface area contributed by atoms with Crippen LogP contribution in [0.25, 0.3) is 0 Å². The van der Waals surface area contributed by atoms with E-state index in [1.165, 1.54) is 0 Å². The number of piperidine rings is 1. The van der Waals surface area contributed by atoms with Crippen LogP contribution in [0, 0.1) is 5.92 Å². The van der Waals surface area contributed by atoms with Crippen molar-refractivity contribution >= 4 is 17.7 Å². The maximum absolute atomic E-state index is 13.7. The van der Waals surface area contributed by atoms with E-state index < -0.39 is 5.54 Å². The zero-order valence-electron chi connectivity index (χ0n) is 18.6. The first kappa shape index (κ1) is 20.9. The molecule has 1 aromatic carbocycles. The summed E-state index contributed by atoms with van der Waals surface area (Å²) in [6, 6.07) is 7.60. The fourth-order valence-corrected chi connectivity index (χ4v) is 5.54. The molecule has 0 N–H and O–H groups in total.